The smallest absolute Gasteiger partial charge is 0.0641 e. The lowest BCUT2D eigenvalue weighted by Crippen LogP contribution is -2.45. The van der Waals surface area contributed by atoms with Crippen molar-refractivity contribution < 1.29 is 9.84 Å². The molecule has 1 atom stereocenters. The summed E-state index contributed by atoms with van der Waals surface area (Å²) < 4.78 is 5.53. The largest absolute Gasteiger partial charge is 0.392 e. The molecule has 2 nitrogen and oxygen atoms in total. The number of benzene rings is 1. The SMILES string of the molecule is OC(CC1CCC1)C1(c2ccccc2)CCOCC1. The van der Waals surface area contributed by atoms with Gasteiger partial charge >= 0.3 is 0 Å². The van der Waals surface area contributed by atoms with E-state index in [0.29, 0.717) is 0 Å². The van der Waals surface area contributed by atoms with Gasteiger partial charge < -0.3 is 9.84 Å². The number of aliphatic hydroxyl groups excluding tert-OH is 1. The molecule has 1 aromatic rings. The Morgan fingerprint density at radius 3 is 2.42 bits per heavy atom. The van der Waals surface area contributed by atoms with Crippen molar-refractivity contribution in [1.82, 2.24) is 0 Å². The molecular weight excluding hydrogens is 236 g/mol. The lowest BCUT2D eigenvalue weighted by Gasteiger charge is -2.43. The van der Waals surface area contributed by atoms with Gasteiger partial charge in [-0.25, -0.2) is 0 Å². The highest BCUT2D eigenvalue weighted by Gasteiger charge is 2.42. The molecule has 1 saturated carbocycles. The van der Waals surface area contributed by atoms with Gasteiger partial charge in [-0.1, -0.05) is 49.6 Å². The standard InChI is InChI=1S/C17H24O2/c18-16(13-14-5-4-6-14)17(9-11-19-12-10-17)15-7-2-1-3-8-15/h1-3,7-8,14,16,18H,4-6,9-13H2. The second-order valence-electron chi connectivity index (χ2n) is 6.18. The third-order valence-corrected chi connectivity index (χ3v) is 5.15. The highest BCUT2D eigenvalue weighted by atomic mass is 16.5. The molecule has 2 heteroatoms. The molecule has 0 bridgehead atoms. The van der Waals surface area contributed by atoms with Gasteiger partial charge in [-0.3, -0.25) is 0 Å². The van der Waals surface area contributed by atoms with Gasteiger partial charge in [-0.15, -0.1) is 0 Å². The van der Waals surface area contributed by atoms with Crippen LogP contribution in [0, 0.1) is 5.92 Å². The molecule has 2 aliphatic rings. The van der Waals surface area contributed by atoms with Gasteiger partial charge in [0.2, 0.25) is 0 Å². The van der Waals surface area contributed by atoms with Crippen molar-refractivity contribution in [2.24, 2.45) is 5.92 Å². The van der Waals surface area contributed by atoms with Crippen molar-refractivity contribution in [3.8, 4) is 0 Å². The Bertz CT molecular complexity index is 391. The van der Waals surface area contributed by atoms with Gasteiger partial charge in [-0.2, -0.15) is 0 Å². The highest BCUT2D eigenvalue weighted by molar-refractivity contribution is 5.28. The summed E-state index contributed by atoms with van der Waals surface area (Å²) in [5, 5.41) is 10.9. The Hall–Kier alpha value is -0.860. The first-order valence-corrected chi connectivity index (χ1v) is 7.63. The van der Waals surface area contributed by atoms with Crippen LogP contribution in [0.5, 0.6) is 0 Å². The predicted molar refractivity (Wildman–Crippen MR) is 76.1 cm³/mol. The van der Waals surface area contributed by atoms with E-state index in [-0.39, 0.29) is 11.5 Å². The van der Waals surface area contributed by atoms with E-state index in [4.69, 9.17) is 4.74 Å². The molecule has 1 aliphatic heterocycles. The maximum absolute atomic E-state index is 10.9. The van der Waals surface area contributed by atoms with E-state index in [0.717, 1.165) is 38.4 Å². The molecule has 1 unspecified atom stereocenters. The third kappa shape index (κ3) is 2.56. The predicted octanol–water partition coefficient (Wildman–Crippen LogP) is 3.29. The molecule has 1 aromatic carbocycles. The van der Waals surface area contributed by atoms with E-state index in [2.05, 4.69) is 30.3 Å². The summed E-state index contributed by atoms with van der Waals surface area (Å²) in [6.07, 6.45) is 6.60. The molecule has 0 spiro atoms. The van der Waals surface area contributed by atoms with E-state index < -0.39 is 0 Å². The summed E-state index contributed by atoms with van der Waals surface area (Å²) in [6.45, 7) is 1.55. The molecule has 0 radical (unpaired) electrons. The first kappa shape index (κ1) is 13.1. The zero-order valence-electron chi connectivity index (χ0n) is 11.6. The average molecular weight is 260 g/mol. The van der Waals surface area contributed by atoms with Crippen molar-refractivity contribution in [1.29, 1.82) is 0 Å². The number of hydrogen-bond acceptors (Lipinski definition) is 2. The molecule has 2 fully saturated rings. The van der Waals surface area contributed by atoms with E-state index in [1.807, 2.05) is 0 Å². The van der Waals surface area contributed by atoms with Crippen LogP contribution in [-0.2, 0) is 10.2 Å². The Morgan fingerprint density at radius 1 is 1.16 bits per heavy atom. The number of hydrogen-bond donors (Lipinski definition) is 1. The van der Waals surface area contributed by atoms with Crippen molar-refractivity contribution in [2.75, 3.05) is 13.2 Å². The van der Waals surface area contributed by atoms with Crippen LogP contribution in [0.3, 0.4) is 0 Å². The molecule has 1 heterocycles. The monoisotopic (exact) mass is 260 g/mol. The van der Waals surface area contributed by atoms with Crippen LogP contribution in [0.1, 0.15) is 44.1 Å². The van der Waals surface area contributed by atoms with Crippen LogP contribution in [0.2, 0.25) is 0 Å². The summed E-state index contributed by atoms with van der Waals surface area (Å²) in [5.41, 5.74) is 1.22. The second kappa shape index (κ2) is 5.64. The normalized spacial score (nSPS) is 24.7. The summed E-state index contributed by atoms with van der Waals surface area (Å²) >= 11 is 0. The van der Waals surface area contributed by atoms with Gasteiger partial charge in [0.05, 0.1) is 6.10 Å². The average Bonchev–Trinajstić information content (AvgIpc) is 2.44. The fraction of sp³-hybridized carbons (Fsp3) is 0.647. The van der Waals surface area contributed by atoms with Crippen LogP contribution in [-0.4, -0.2) is 24.4 Å². The van der Waals surface area contributed by atoms with Crippen molar-refractivity contribution in [2.45, 2.75) is 50.0 Å². The van der Waals surface area contributed by atoms with E-state index in [1.54, 1.807) is 0 Å². The van der Waals surface area contributed by atoms with Gasteiger partial charge in [0.1, 0.15) is 0 Å². The lowest BCUT2D eigenvalue weighted by atomic mass is 9.66. The minimum absolute atomic E-state index is 0.0743. The van der Waals surface area contributed by atoms with Gasteiger partial charge in [0.25, 0.3) is 0 Å². The molecular formula is C17H24O2. The van der Waals surface area contributed by atoms with E-state index in [9.17, 15) is 5.11 Å². The quantitative estimate of drug-likeness (QED) is 0.900. The zero-order chi connectivity index (χ0) is 13.1. The third-order valence-electron chi connectivity index (χ3n) is 5.15. The fourth-order valence-electron chi connectivity index (χ4n) is 3.59. The Balaban J connectivity index is 1.82. The Kier molecular flexibility index (Phi) is 3.90. The van der Waals surface area contributed by atoms with Gasteiger partial charge in [0.15, 0.2) is 0 Å². The fourth-order valence-corrected chi connectivity index (χ4v) is 3.59. The molecule has 3 rings (SSSR count). The first-order valence-electron chi connectivity index (χ1n) is 7.63. The van der Waals surface area contributed by atoms with Crippen LogP contribution in [0.4, 0.5) is 0 Å². The molecule has 1 aliphatic carbocycles. The highest BCUT2D eigenvalue weighted by Crippen LogP contribution is 2.42. The summed E-state index contributed by atoms with van der Waals surface area (Å²) in [5.74, 6) is 0.749. The first-order chi connectivity index (χ1) is 9.31. The van der Waals surface area contributed by atoms with Crippen molar-refractivity contribution >= 4 is 0 Å². The Labute approximate surface area is 115 Å². The molecule has 104 valence electrons. The zero-order valence-corrected chi connectivity index (χ0v) is 11.6. The minimum Gasteiger partial charge on any atom is -0.392 e. The molecule has 1 saturated heterocycles. The van der Waals surface area contributed by atoms with Gasteiger partial charge in [-0.05, 0) is 30.7 Å². The second-order valence-corrected chi connectivity index (χ2v) is 6.18. The van der Waals surface area contributed by atoms with Gasteiger partial charge in [0, 0.05) is 18.6 Å². The Morgan fingerprint density at radius 2 is 1.84 bits per heavy atom. The molecule has 0 amide bonds. The van der Waals surface area contributed by atoms with Crippen LogP contribution in [0.25, 0.3) is 0 Å². The number of ether oxygens (including phenoxy) is 1. The number of aliphatic hydroxyl groups is 1. The number of rotatable bonds is 4. The maximum Gasteiger partial charge on any atom is 0.0641 e. The summed E-state index contributed by atoms with van der Waals surface area (Å²) in [7, 11) is 0. The summed E-state index contributed by atoms with van der Waals surface area (Å²) in [6, 6.07) is 10.6. The van der Waals surface area contributed by atoms with E-state index in [1.165, 1.54) is 24.8 Å². The minimum atomic E-state index is -0.218. The van der Waals surface area contributed by atoms with Crippen LogP contribution < -0.4 is 0 Å². The van der Waals surface area contributed by atoms with Crippen LogP contribution in [0.15, 0.2) is 30.3 Å². The van der Waals surface area contributed by atoms with E-state index >= 15 is 0 Å². The topological polar surface area (TPSA) is 29.5 Å². The lowest BCUT2D eigenvalue weighted by molar-refractivity contribution is -0.0295. The maximum atomic E-state index is 10.9. The molecule has 1 N–H and O–H groups in total. The van der Waals surface area contributed by atoms with Crippen molar-refractivity contribution in [3.05, 3.63) is 35.9 Å². The van der Waals surface area contributed by atoms with Crippen molar-refractivity contribution in [3.63, 3.8) is 0 Å². The molecule has 19 heavy (non-hydrogen) atoms. The molecule has 0 aromatic heterocycles. The summed E-state index contributed by atoms with van der Waals surface area (Å²) in [4.78, 5) is 0. The van der Waals surface area contributed by atoms with Crippen LogP contribution >= 0.6 is 0 Å².